The number of hydrogen-bond donors (Lipinski definition) is 0. The van der Waals surface area contributed by atoms with Crippen molar-refractivity contribution in [2.45, 2.75) is 13.0 Å². The van der Waals surface area contributed by atoms with Crippen molar-refractivity contribution in [2.24, 2.45) is 11.8 Å². The number of rotatable bonds is 3. The number of amides is 2. The Morgan fingerprint density at radius 2 is 1.76 bits per heavy atom. The highest BCUT2D eigenvalue weighted by Gasteiger charge is 2.49. The zero-order chi connectivity index (χ0) is 20.7. The summed E-state index contributed by atoms with van der Waals surface area (Å²) in [6, 6.07) is 13.8. The molecular weight excluding hydrogens is 369 g/mol. The van der Waals surface area contributed by atoms with E-state index in [1.807, 2.05) is 59.1 Å². The Morgan fingerprint density at radius 3 is 2.38 bits per heavy atom. The Hall–Kier alpha value is -2.89. The van der Waals surface area contributed by atoms with E-state index in [2.05, 4.69) is 0 Å². The standard InChI is InChI=1S/C23H26FN3O2/c1-15(28)26-12-18-13-27(23(29)16-7-9-20(10-8-16)25(2)3)22(21(18)14-26)17-5-4-6-19(24)11-17/h4-11,18,21-22H,12-14H2,1-3H3/t18-,21-,22-/m0/s1. The first kappa shape index (κ1) is 19.4. The van der Waals surface area contributed by atoms with Crippen molar-refractivity contribution >= 4 is 17.5 Å². The molecule has 2 amide bonds. The second kappa shape index (κ2) is 7.50. The molecule has 0 aromatic heterocycles. The lowest BCUT2D eigenvalue weighted by atomic mass is 9.89. The largest absolute Gasteiger partial charge is 0.378 e. The fourth-order valence-electron chi connectivity index (χ4n) is 4.70. The summed E-state index contributed by atoms with van der Waals surface area (Å²) in [5.74, 6) is 0.0147. The second-order valence-electron chi connectivity index (χ2n) is 8.25. The van der Waals surface area contributed by atoms with Crippen LogP contribution in [0.15, 0.2) is 48.5 Å². The van der Waals surface area contributed by atoms with Crippen LogP contribution in [0.2, 0.25) is 0 Å². The maximum absolute atomic E-state index is 14.0. The van der Waals surface area contributed by atoms with Crippen LogP contribution < -0.4 is 4.90 Å². The quantitative estimate of drug-likeness (QED) is 0.802. The first-order valence-electron chi connectivity index (χ1n) is 9.94. The van der Waals surface area contributed by atoms with Gasteiger partial charge in [-0.2, -0.15) is 0 Å². The normalized spacial score (nSPS) is 23.2. The SMILES string of the molecule is CC(=O)N1C[C@H]2CN(C(=O)c3ccc(N(C)C)cc3)[C@@H](c3cccc(F)c3)[C@H]2C1. The van der Waals surface area contributed by atoms with Gasteiger partial charge in [-0.15, -0.1) is 0 Å². The van der Waals surface area contributed by atoms with E-state index in [0.29, 0.717) is 25.2 Å². The highest BCUT2D eigenvalue weighted by atomic mass is 19.1. The summed E-state index contributed by atoms with van der Waals surface area (Å²) < 4.78 is 14.0. The number of anilines is 1. The predicted molar refractivity (Wildman–Crippen MR) is 110 cm³/mol. The zero-order valence-electron chi connectivity index (χ0n) is 17.0. The van der Waals surface area contributed by atoms with E-state index in [1.165, 1.54) is 12.1 Å². The molecule has 0 radical (unpaired) electrons. The molecule has 5 nitrogen and oxygen atoms in total. The maximum atomic E-state index is 14.0. The molecule has 2 aliphatic rings. The predicted octanol–water partition coefficient (Wildman–Crippen LogP) is 3.18. The van der Waals surface area contributed by atoms with E-state index >= 15 is 0 Å². The molecule has 2 saturated heterocycles. The number of nitrogens with zero attached hydrogens (tertiary/aromatic N) is 3. The Kier molecular flexibility index (Phi) is 5.03. The van der Waals surface area contributed by atoms with E-state index in [1.54, 1.807) is 13.0 Å². The fourth-order valence-corrected chi connectivity index (χ4v) is 4.70. The van der Waals surface area contributed by atoms with Gasteiger partial charge >= 0.3 is 0 Å². The lowest BCUT2D eigenvalue weighted by molar-refractivity contribution is -0.128. The minimum absolute atomic E-state index is 0.0478. The molecule has 0 N–H and O–H groups in total. The van der Waals surface area contributed by atoms with Gasteiger partial charge in [0.05, 0.1) is 6.04 Å². The van der Waals surface area contributed by atoms with Crippen LogP contribution in [0.3, 0.4) is 0 Å². The van der Waals surface area contributed by atoms with Crippen LogP contribution in [-0.2, 0) is 4.79 Å². The van der Waals surface area contributed by atoms with Crippen LogP contribution in [0, 0.1) is 17.7 Å². The first-order chi connectivity index (χ1) is 13.8. The lowest BCUT2D eigenvalue weighted by Gasteiger charge is -2.30. The molecule has 152 valence electrons. The van der Waals surface area contributed by atoms with Gasteiger partial charge in [0.1, 0.15) is 5.82 Å². The molecule has 3 atom stereocenters. The van der Waals surface area contributed by atoms with Crippen molar-refractivity contribution in [3.8, 4) is 0 Å². The number of carbonyl (C=O) groups is 2. The summed E-state index contributed by atoms with van der Waals surface area (Å²) in [5, 5.41) is 0. The van der Waals surface area contributed by atoms with Crippen LogP contribution in [0.4, 0.5) is 10.1 Å². The minimum Gasteiger partial charge on any atom is -0.378 e. The molecule has 0 bridgehead atoms. The summed E-state index contributed by atoms with van der Waals surface area (Å²) in [6.07, 6.45) is 0. The summed E-state index contributed by atoms with van der Waals surface area (Å²) in [6.45, 7) is 3.40. The topological polar surface area (TPSA) is 43.9 Å². The third kappa shape index (κ3) is 3.59. The van der Waals surface area contributed by atoms with Crippen molar-refractivity contribution in [3.05, 3.63) is 65.5 Å². The molecule has 0 saturated carbocycles. The van der Waals surface area contributed by atoms with Crippen LogP contribution >= 0.6 is 0 Å². The second-order valence-corrected chi connectivity index (χ2v) is 8.25. The first-order valence-corrected chi connectivity index (χ1v) is 9.94. The number of hydrogen-bond acceptors (Lipinski definition) is 3. The molecule has 6 heteroatoms. The van der Waals surface area contributed by atoms with E-state index < -0.39 is 0 Å². The molecular formula is C23H26FN3O2. The Balaban J connectivity index is 1.66. The average molecular weight is 395 g/mol. The lowest BCUT2D eigenvalue weighted by Crippen LogP contribution is -2.36. The van der Waals surface area contributed by atoms with Crippen molar-refractivity contribution in [2.75, 3.05) is 38.6 Å². The van der Waals surface area contributed by atoms with E-state index in [-0.39, 0.29) is 35.5 Å². The van der Waals surface area contributed by atoms with Crippen molar-refractivity contribution in [1.29, 1.82) is 0 Å². The van der Waals surface area contributed by atoms with Crippen LogP contribution in [0.25, 0.3) is 0 Å². The van der Waals surface area contributed by atoms with E-state index in [0.717, 1.165) is 11.3 Å². The highest BCUT2D eigenvalue weighted by molar-refractivity contribution is 5.95. The van der Waals surface area contributed by atoms with Gasteiger partial charge in [0.15, 0.2) is 0 Å². The monoisotopic (exact) mass is 395 g/mol. The van der Waals surface area contributed by atoms with Crippen LogP contribution in [-0.4, -0.2) is 55.3 Å². The number of fused-ring (bicyclic) bond motifs is 1. The van der Waals surface area contributed by atoms with Crippen LogP contribution in [0.5, 0.6) is 0 Å². The number of carbonyl (C=O) groups excluding carboxylic acids is 2. The van der Waals surface area contributed by atoms with Gasteiger partial charge < -0.3 is 14.7 Å². The summed E-state index contributed by atoms with van der Waals surface area (Å²) in [4.78, 5) is 31.0. The van der Waals surface area contributed by atoms with Gasteiger partial charge in [0.2, 0.25) is 5.91 Å². The molecule has 2 heterocycles. The molecule has 2 fully saturated rings. The van der Waals surface area contributed by atoms with Crippen LogP contribution in [0.1, 0.15) is 28.9 Å². The fraction of sp³-hybridized carbons (Fsp3) is 0.391. The van der Waals surface area contributed by atoms with Gasteiger partial charge in [-0.1, -0.05) is 12.1 Å². The molecule has 2 aromatic rings. The minimum atomic E-state index is -0.310. The van der Waals surface area contributed by atoms with Gasteiger partial charge in [-0.05, 0) is 42.0 Å². The highest BCUT2D eigenvalue weighted by Crippen LogP contribution is 2.45. The Bertz CT molecular complexity index is 928. The number of likely N-dealkylation sites (tertiary alicyclic amines) is 2. The maximum Gasteiger partial charge on any atom is 0.254 e. The molecule has 2 aliphatic heterocycles. The number of halogens is 1. The Labute approximate surface area is 170 Å². The molecule has 0 aliphatic carbocycles. The van der Waals surface area contributed by atoms with E-state index in [9.17, 15) is 14.0 Å². The van der Waals surface area contributed by atoms with E-state index in [4.69, 9.17) is 0 Å². The molecule has 0 unspecified atom stereocenters. The van der Waals surface area contributed by atoms with Gasteiger partial charge in [-0.25, -0.2) is 4.39 Å². The average Bonchev–Trinajstić information content (AvgIpc) is 3.25. The summed E-state index contributed by atoms with van der Waals surface area (Å²) in [7, 11) is 3.92. The molecule has 4 rings (SSSR count). The third-order valence-electron chi connectivity index (χ3n) is 6.19. The smallest absolute Gasteiger partial charge is 0.254 e. The molecule has 0 spiro atoms. The summed E-state index contributed by atoms with van der Waals surface area (Å²) in [5.41, 5.74) is 2.44. The number of benzene rings is 2. The van der Waals surface area contributed by atoms with Gasteiger partial charge in [-0.3, -0.25) is 9.59 Å². The Morgan fingerprint density at radius 1 is 1.03 bits per heavy atom. The van der Waals surface area contributed by atoms with Crippen molar-refractivity contribution in [3.63, 3.8) is 0 Å². The summed E-state index contributed by atoms with van der Waals surface area (Å²) >= 11 is 0. The van der Waals surface area contributed by atoms with Crippen molar-refractivity contribution < 1.29 is 14.0 Å². The molecule has 29 heavy (non-hydrogen) atoms. The van der Waals surface area contributed by atoms with Gasteiger partial charge in [0, 0.05) is 63.7 Å². The van der Waals surface area contributed by atoms with Crippen molar-refractivity contribution in [1.82, 2.24) is 9.80 Å². The third-order valence-corrected chi connectivity index (χ3v) is 6.19. The zero-order valence-corrected chi connectivity index (χ0v) is 17.0. The molecule has 2 aromatic carbocycles. The van der Waals surface area contributed by atoms with Gasteiger partial charge in [0.25, 0.3) is 5.91 Å².